The minimum Gasteiger partial charge on any atom is -0.507 e. The molecule has 1 aliphatic rings. The van der Waals surface area contributed by atoms with Crippen molar-refractivity contribution in [2.24, 2.45) is 0 Å². The van der Waals surface area contributed by atoms with Gasteiger partial charge in [0.15, 0.2) is 28.4 Å². The van der Waals surface area contributed by atoms with Gasteiger partial charge in [0.25, 0.3) is 0 Å². The molecule has 4 aromatic rings. The van der Waals surface area contributed by atoms with Crippen LogP contribution in [-0.4, -0.2) is 33.5 Å². The van der Waals surface area contributed by atoms with Crippen LogP contribution in [0, 0.1) is 0 Å². The van der Waals surface area contributed by atoms with E-state index in [0.29, 0.717) is 16.7 Å². The van der Waals surface area contributed by atoms with Gasteiger partial charge >= 0.3 is 5.97 Å². The number of benzene rings is 3. The van der Waals surface area contributed by atoms with Crippen molar-refractivity contribution in [3.63, 3.8) is 0 Å². The fourth-order valence-corrected chi connectivity index (χ4v) is 4.19. The van der Waals surface area contributed by atoms with E-state index in [1.54, 1.807) is 12.1 Å². The molecule has 34 heavy (non-hydrogen) atoms. The topological polar surface area (TPSA) is 147 Å². The maximum Gasteiger partial charge on any atom is 0.312 e. The second-order valence-electron chi connectivity index (χ2n) is 7.85. The number of ether oxygens (including phenoxy) is 2. The minimum absolute atomic E-state index is 0.00197. The summed E-state index contributed by atoms with van der Waals surface area (Å²) in [6, 6.07) is 10.9. The van der Waals surface area contributed by atoms with Gasteiger partial charge in [0, 0.05) is 29.2 Å². The second-order valence-corrected chi connectivity index (χ2v) is 7.85. The van der Waals surface area contributed by atoms with Crippen LogP contribution in [-0.2, 0) is 4.79 Å². The number of fused-ring (bicyclic) bond motifs is 3. The lowest BCUT2D eigenvalue weighted by Crippen LogP contribution is -2.22. The lowest BCUT2D eigenvalue weighted by Gasteiger charge is -2.26. The molecule has 3 aromatic carbocycles. The van der Waals surface area contributed by atoms with Gasteiger partial charge in [-0.15, -0.1) is 0 Å². The van der Waals surface area contributed by atoms with Crippen molar-refractivity contribution in [1.29, 1.82) is 0 Å². The fourth-order valence-electron chi connectivity index (χ4n) is 4.19. The summed E-state index contributed by atoms with van der Waals surface area (Å²) < 4.78 is 16.5. The molecule has 0 saturated carbocycles. The van der Waals surface area contributed by atoms with Gasteiger partial charge in [-0.3, -0.25) is 9.59 Å². The quantitative estimate of drug-likeness (QED) is 0.203. The molecular weight excluding hydrogens is 444 g/mol. The third-order valence-electron chi connectivity index (χ3n) is 5.79. The number of hydrogen-bond donors (Lipinski definition) is 4. The smallest absolute Gasteiger partial charge is 0.312 e. The first-order chi connectivity index (χ1) is 16.3. The number of aromatic hydroxyl groups is 4. The van der Waals surface area contributed by atoms with Gasteiger partial charge in [0.1, 0.15) is 28.2 Å². The number of esters is 1. The zero-order chi connectivity index (χ0) is 24.1. The van der Waals surface area contributed by atoms with Crippen LogP contribution < -0.4 is 14.9 Å². The Kier molecular flexibility index (Phi) is 4.82. The molecule has 172 valence electrons. The van der Waals surface area contributed by atoms with Gasteiger partial charge < -0.3 is 34.3 Å². The Hall–Kier alpha value is -4.66. The van der Waals surface area contributed by atoms with Crippen LogP contribution in [0.3, 0.4) is 0 Å². The lowest BCUT2D eigenvalue weighted by atomic mass is 9.85. The van der Waals surface area contributed by atoms with E-state index in [1.165, 1.54) is 37.4 Å². The highest BCUT2D eigenvalue weighted by molar-refractivity contribution is 5.93. The third-order valence-corrected chi connectivity index (χ3v) is 5.79. The van der Waals surface area contributed by atoms with Crippen LogP contribution in [0.25, 0.3) is 22.3 Å². The summed E-state index contributed by atoms with van der Waals surface area (Å²) in [5, 5.41) is 40.2. The molecule has 1 aromatic heterocycles. The summed E-state index contributed by atoms with van der Waals surface area (Å²) in [5.41, 5.74) is 0.630. The Morgan fingerprint density at radius 3 is 2.38 bits per heavy atom. The molecule has 9 nitrogen and oxygen atoms in total. The molecule has 0 spiro atoms. The molecule has 5 rings (SSSR count). The lowest BCUT2D eigenvalue weighted by molar-refractivity contribution is -0.135. The number of carbonyl (C=O) groups is 1. The van der Waals surface area contributed by atoms with Crippen LogP contribution in [0.15, 0.2) is 57.7 Å². The maximum absolute atomic E-state index is 13.0. The van der Waals surface area contributed by atoms with Crippen LogP contribution in [0.4, 0.5) is 0 Å². The van der Waals surface area contributed by atoms with Gasteiger partial charge in [-0.1, -0.05) is 6.07 Å². The van der Waals surface area contributed by atoms with Crippen LogP contribution in [0.5, 0.6) is 34.5 Å². The van der Waals surface area contributed by atoms with E-state index in [0.717, 1.165) is 6.07 Å². The van der Waals surface area contributed by atoms with Crippen molar-refractivity contribution in [3.05, 3.63) is 69.9 Å². The number of phenolic OH excluding ortho intramolecular Hbond substituents is 4. The summed E-state index contributed by atoms with van der Waals surface area (Å²) in [6.45, 7) is 0. The first kappa shape index (κ1) is 21.2. The largest absolute Gasteiger partial charge is 0.507 e. The normalized spacial score (nSPS) is 15.1. The molecule has 0 saturated heterocycles. The summed E-state index contributed by atoms with van der Waals surface area (Å²) in [4.78, 5) is 25.3. The predicted octanol–water partition coefficient (Wildman–Crippen LogP) is 3.73. The Balaban J connectivity index is 1.80. The van der Waals surface area contributed by atoms with E-state index in [4.69, 9.17) is 13.9 Å². The van der Waals surface area contributed by atoms with Crippen molar-refractivity contribution < 1.29 is 39.1 Å². The predicted molar refractivity (Wildman–Crippen MR) is 120 cm³/mol. The maximum atomic E-state index is 13.0. The van der Waals surface area contributed by atoms with Crippen LogP contribution in [0.2, 0.25) is 0 Å². The molecular formula is C25H18O9. The zero-order valence-electron chi connectivity index (χ0n) is 17.7. The highest BCUT2D eigenvalue weighted by atomic mass is 16.5. The van der Waals surface area contributed by atoms with Gasteiger partial charge in [0.05, 0.1) is 13.5 Å². The monoisotopic (exact) mass is 462 g/mol. The molecule has 0 bridgehead atoms. The standard InChI is InChI=1S/C25H18O9/c1-32-19-5-3-11(6-16(19)28)13-8-22(31)33-21-10-18(30)24-17(29)9-20(34-25(24)23(13)21)12-2-4-14(26)15(27)7-12/h2-7,9-10,13,26-28,30H,8H2,1H3/t13-/m1/s1. The zero-order valence-corrected chi connectivity index (χ0v) is 17.7. The van der Waals surface area contributed by atoms with Crippen LogP contribution in [0.1, 0.15) is 23.5 Å². The minimum atomic E-state index is -0.664. The van der Waals surface area contributed by atoms with E-state index < -0.39 is 28.8 Å². The van der Waals surface area contributed by atoms with Crippen molar-refractivity contribution in [2.75, 3.05) is 7.11 Å². The molecule has 0 unspecified atom stereocenters. The Morgan fingerprint density at radius 2 is 1.68 bits per heavy atom. The highest BCUT2D eigenvalue weighted by Gasteiger charge is 2.34. The van der Waals surface area contributed by atoms with Gasteiger partial charge in [0.2, 0.25) is 0 Å². The molecule has 2 heterocycles. The Bertz CT molecular complexity index is 1530. The van der Waals surface area contributed by atoms with Crippen molar-refractivity contribution >= 4 is 16.9 Å². The Labute approximate surface area is 191 Å². The van der Waals surface area contributed by atoms with Gasteiger partial charge in [-0.05, 0) is 35.9 Å². The van der Waals surface area contributed by atoms with E-state index in [-0.39, 0.29) is 46.1 Å². The third kappa shape index (κ3) is 3.34. The van der Waals surface area contributed by atoms with Gasteiger partial charge in [-0.2, -0.15) is 0 Å². The first-order valence-corrected chi connectivity index (χ1v) is 10.2. The summed E-state index contributed by atoms with van der Waals surface area (Å²) in [6.07, 6.45) is -0.105. The average Bonchev–Trinajstić information content (AvgIpc) is 2.79. The molecule has 0 fully saturated rings. The van der Waals surface area contributed by atoms with E-state index in [1.807, 2.05) is 0 Å². The summed E-state index contributed by atoms with van der Waals surface area (Å²) >= 11 is 0. The molecule has 9 heteroatoms. The number of carbonyl (C=O) groups excluding carboxylic acids is 1. The van der Waals surface area contributed by atoms with E-state index in [9.17, 15) is 30.0 Å². The molecule has 0 radical (unpaired) electrons. The highest BCUT2D eigenvalue weighted by Crippen LogP contribution is 2.47. The van der Waals surface area contributed by atoms with E-state index in [2.05, 4.69) is 0 Å². The molecule has 0 aliphatic carbocycles. The van der Waals surface area contributed by atoms with Crippen molar-refractivity contribution in [2.45, 2.75) is 12.3 Å². The SMILES string of the molecule is COc1ccc([C@H]2CC(=O)Oc3cc(O)c4c(=O)cc(-c5ccc(O)c(O)c5)oc4c32)cc1O. The van der Waals surface area contributed by atoms with Crippen molar-refractivity contribution in [1.82, 2.24) is 0 Å². The number of methoxy groups -OCH3 is 1. The Morgan fingerprint density at radius 1 is 0.882 bits per heavy atom. The molecule has 1 atom stereocenters. The number of phenols is 4. The molecule has 4 N–H and O–H groups in total. The fraction of sp³-hybridized carbons (Fsp3) is 0.120. The second kappa shape index (κ2) is 7.73. The summed E-state index contributed by atoms with van der Waals surface area (Å²) in [5.74, 6) is -2.19. The van der Waals surface area contributed by atoms with Crippen molar-refractivity contribution in [3.8, 4) is 45.8 Å². The number of hydrogen-bond acceptors (Lipinski definition) is 9. The molecule has 1 aliphatic heterocycles. The van der Waals surface area contributed by atoms with Gasteiger partial charge in [-0.25, -0.2) is 0 Å². The average molecular weight is 462 g/mol. The number of rotatable bonds is 3. The first-order valence-electron chi connectivity index (χ1n) is 10.2. The van der Waals surface area contributed by atoms with Crippen LogP contribution >= 0.6 is 0 Å². The molecule has 0 amide bonds. The van der Waals surface area contributed by atoms with E-state index >= 15 is 0 Å². The summed E-state index contributed by atoms with van der Waals surface area (Å²) in [7, 11) is 1.41.